The molecule has 0 aliphatic carbocycles. The minimum absolute atomic E-state index is 0.0519. The van der Waals surface area contributed by atoms with E-state index >= 15 is 0 Å². The monoisotopic (exact) mass is 439 g/mol. The number of amides is 2. The second kappa shape index (κ2) is 11.5. The van der Waals surface area contributed by atoms with E-state index in [0.29, 0.717) is 12.0 Å². The van der Waals surface area contributed by atoms with E-state index in [1.807, 2.05) is 30.3 Å². The molecule has 0 spiro atoms. The van der Waals surface area contributed by atoms with Crippen molar-refractivity contribution < 1.29 is 9.32 Å². The van der Waals surface area contributed by atoms with Crippen molar-refractivity contribution in [1.82, 2.24) is 19.9 Å². The normalized spacial score (nSPS) is 20.8. The molecule has 174 valence electrons. The van der Waals surface area contributed by atoms with Gasteiger partial charge < -0.3 is 14.7 Å². The number of urea groups is 1. The van der Waals surface area contributed by atoms with Crippen LogP contribution in [0.1, 0.15) is 70.0 Å². The molecular weight excluding hydrogens is 402 g/mol. The van der Waals surface area contributed by atoms with Gasteiger partial charge in [-0.05, 0) is 63.2 Å². The highest BCUT2D eigenvalue weighted by atomic mass is 16.5. The van der Waals surface area contributed by atoms with Crippen LogP contribution in [0.3, 0.4) is 0 Å². The van der Waals surface area contributed by atoms with Crippen LogP contribution in [0.25, 0.3) is 0 Å². The van der Waals surface area contributed by atoms with Crippen LogP contribution in [0.15, 0.2) is 34.9 Å². The Balaban J connectivity index is 1.32. The van der Waals surface area contributed by atoms with Crippen LogP contribution >= 0.6 is 0 Å². The maximum Gasteiger partial charge on any atom is 0.322 e. The van der Waals surface area contributed by atoms with Crippen molar-refractivity contribution in [1.29, 1.82) is 0 Å². The number of nitrogens with one attached hydrogen (secondary N) is 1. The predicted molar refractivity (Wildman–Crippen MR) is 125 cm³/mol. The fourth-order valence-electron chi connectivity index (χ4n) is 5.07. The number of anilines is 1. The lowest BCUT2D eigenvalue weighted by Crippen LogP contribution is -2.49. The number of benzene rings is 1. The SMILES string of the molecule is CCCCc1noc(CN2CCC(C3CCCCCN3C(=O)Nc3ccccc3)CC2)n1. The standard InChI is InChI=1S/C25H37N5O2/c1-2-3-13-23-27-24(32-28-23)19-29-17-14-20(15-18-29)22-12-8-5-9-16-30(22)25(31)26-21-10-6-4-7-11-21/h4,6-7,10-11,20,22H,2-3,5,8-9,12-19H2,1H3,(H,26,31). The average Bonchev–Trinajstić information content (AvgIpc) is 3.11. The Morgan fingerprint density at radius 2 is 1.91 bits per heavy atom. The van der Waals surface area contributed by atoms with E-state index in [4.69, 9.17) is 4.52 Å². The van der Waals surface area contributed by atoms with Crippen LogP contribution in [0.5, 0.6) is 0 Å². The molecule has 0 bridgehead atoms. The molecule has 32 heavy (non-hydrogen) atoms. The van der Waals surface area contributed by atoms with Crippen LogP contribution in [0.4, 0.5) is 10.5 Å². The first-order valence-corrected chi connectivity index (χ1v) is 12.4. The van der Waals surface area contributed by atoms with Crippen LogP contribution in [-0.2, 0) is 13.0 Å². The molecule has 7 nitrogen and oxygen atoms in total. The van der Waals surface area contributed by atoms with Gasteiger partial charge in [0.1, 0.15) is 0 Å². The van der Waals surface area contributed by atoms with Crippen LogP contribution < -0.4 is 5.32 Å². The zero-order valence-corrected chi connectivity index (χ0v) is 19.3. The molecule has 1 N–H and O–H groups in total. The lowest BCUT2D eigenvalue weighted by atomic mass is 9.86. The molecule has 0 saturated carbocycles. The summed E-state index contributed by atoms with van der Waals surface area (Å²) in [6.07, 6.45) is 9.97. The summed E-state index contributed by atoms with van der Waals surface area (Å²) in [7, 11) is 0. The molecule has 1 aromatic heterocycles. The van der Waals surface area contributed by atoms with Gasteiger partial charge in [0.25, 0.3) is 0 Å². The maximum absolute atomic E-state index is 13.1. The van der Waals surface area contributed by atoms with Gasteiger partial charge in [-0.3, -0.25) is 4.90 Å². The maximum atomic E-state index is 13.1. The molecule has 1 unspecified atom stereocenters. The Bertz CT molecular complexity index is 832. The van der Waals surface area contributed by atoms with Gasteiger partial charge in [0.15, 0.2) is 5.82 Å². The van der Waals surface area contributed by atoms with Gasteiger partial charge in [-0.25, -0.2) is 4.79 Å². The molecule has 4 rings (SSSR count). The quantitative estimate of drug-likeness (QED) is 0.650. The summed E-state index contributed by atoms with van der Waals surface area (Å²) in [5.41, 5.74) is 0.869. The molecule has 0 radical (unpaired) electrons. The lowest BCUT2D eigenvalue weighted by molar-refractivity contribution is 0.0974. The molecule has 2 amide bonds. The lowest BCUT2D eigenvalue weighted by Gasteiger charge is -2.40. The summed E-state index contributed by atoms with van der Waals surface area (Å²) in [5.74, 6) is 2.11. The molecule has 1 aromatic carbocycles. The molecule has 1 atom stereocenters. The van der Waals surface area contributed by atoms with E-state index in [2.05, 4.69) is 32.2 Å². The van der Waals surface area contributed by atoms with Crippen LogP contribution in [0, 0.1) is 5.92 Å². The fraction of sp³-hybridized carbons (Fsp3) is 0.640. The van der Waals surface area contributed by atoms with Crippen molar-refractivity contribution in [3.63, 3.8) is 0 Å². The Kier molecular flexibility index (Phi) is 8.15. The molecule has 7 heteroatoms. The Morgan fingerprint density at radius 3 is 2.69 bits per heavy atom. The van der Waals surface area contributed by atoms with Crippen molar-refractivity contribution >= 4 is 11.7 Å². The third-order valence-corrected chi connectivity index (χ3v) is 6.88. The number of carbonyl (C=O) groups excluding carboxylic acids is 1. The number of unbranched alkanes of at least 4 members (excludes halogenated alkanes) is 1. The zero-order chi connectivity index (χ0) is 22.2. The van der Waals surface area contributed by atoms with Gasteiger partial charge in [-0.15, -0.1) is 0 Å². The number of hydrogen-bond donors (Lipinski definition) is 1. The number of carbonyl (C=O) groups is 1. The second-order valence-corrected chi connectivity index (χ2v) is 9.23. The molecular formula is C25H37N5O2. The van der Waals surface area contributed by atoms with Gasteiger partial charge in [0, 0.05) is 24.7 Å². The first-order chi connectivity index (χ1) is 15.7. The smallest absolute Gasteiger partial charge is 0.322 e. The topological polar surface area (TPSA) is 74.5 Å². The zero-order valence-electron chi connectivity index (χ0n) is 19.3. The minimum atomic E-state index is 0.0519. The van der Waals surface area contributed by atoms with E-state index < -0.39 is 0 Å². The van der Waals surface area contributed by atoms with Crippen molar-refractivity contribution in [2.45, 2.75) is 77.3 Å². The first kappa shape index (κ1) is 22.8. The van der Waals surface area contributed by atoms with Gasteiger partial charge in [-0.2, -0.15) is 4.98 Å². The molecule has 2 fully saturated rings. The fourth-order valence-corrected chi connectivity index (χ4v) is 5.07. The molecule has 2 saturated heterocycles. The third kappa shape index (κ3) is 6.09. The number of likely N-dealkylation sites (tertiary alicyclic amines) is 2. The molecule has 2 aliphatic rings. The van der Waals surface area contributed by atoms with E-state index in [-0.39, 0.29) is 6.03 Å². The van der Waals surface area contributed by atoms with E-state index in [1.165, 1.54) is 12.8 Å². The van der Waals surface area contributed by atoms with Crippen molar-refractivity contribution in [2.75, 3.05) is 25.0 Å². The minimum Gasteiger partial charge on any atom is -0.338 e. The summed E-state index contributed by atoms with van der Waals surface area (Å²) in [4.78, 5) is 22.2. The summed E-state index contributed by atoms with van der Waals surface area (Å²) in [6.45, 7) is 5.79. The third-order valence-electron chi connectivity index (χ3n) is 6.88. The van der Waals surface area contributed by atoms with Gasteiger partial charge in [0.05, 0.1) is 6.54 Å². The number of para-hydroxylation sites is 1. The second-order valence-electron chi connectivity index (χ2n) is 9.23. The Morgan fingerprint density at radius 1 is 1.09 bits per heavy atom. The summed E-state index contributed by atoms with van der Waals surface area (Å²) >= 11 is 0. The summed E-state index contributed by atoms with van der Waals surface area (Å²) in [6, 6.07) is 10.2. The number of nitrogens with zero attached hydrogens (tertiary/aromatic N) is 4. The number of rotatable bonds is 7. The Hall–Kier alpha value is -2.41. The van der Waals surface area contributed by atoms with Crippen molar-refractivity contribution in [2.24, 2.45) is 5.92 Å². The van der Waals surface area contributed by atoms with Crippen molar-refractivity contribution in [3.8, 4) is 0 Å². The summed E-state index contributed by atoms with van der Waals surface area (Å²) in [5, 5.41) is 7.23. The average molecular weight is 440 g/mol. The first-order valence-electron chi connectivity index (χ1n) is 12.4. The molecule has 3 heterocycles. The van der Waals surface area contributed by atoms with Crippen LogP contribution in [-0.4, -0.2) is 51.6 Å². The van der Waals surface area contributed by atoms with Gasteiger partial charge in [-0.1, -0.05) is 49.5 Å². The van der Waals surface area contributed by atoms with Crippen LogP contribution in [0.2, 0.25) is 0 Å². The highest BCUT2D eigenvalue weighted by molar-refractivity contribution is 5.89. The van der Waals surface area contributed by atoms with Crippen molar-refractivity contribution in [3.05, 3.63) is 42.0 Å². The molecule has 2 aliphatic heterocycles. The number of hydrogen-bond acceptors (Lipinski definition) is 5. The number of aromatic nitrogens is 2. The summed E-state index contributed by atoms with van der Waals surface area (Å²) < 4.78 is 5.47. The Labute approximate surface area is 191 Å². The number of piperidine rings is 1. The highest BCUT2D eigenvalue weighted by Crippen LogP contribution is 2.31. The van der Waals surface area contributed by atoms with E-state index in [0.717, 1.165) is 88.5 Å². The van der Waals surface area contributed by atoms with Gasteiger partial charge >= 0.3 is 6.03 Å². The van der Waals surface area contributed by atoms with E-state index in [1.54, 1.807) is 0 Å². The van der Waals surface area contributed by atoms with Gasteiger partial charge in [0.2, 0.25) is 5.89 Å². The van der Waals surface area contributed by atoms with E-state index in [9.17, 15) is 4.79 Å². The number of aryl methyl sites for hydroxylation is 1. The highest BCUT2D eigenvalue weighted by Gasteiger charge is 2.34. The largest absolute Gasteiger partial charge is 0.338 e. The predicted octanol–water partition coefficient (Wildman–Crippen LogP) is 5.10. The molecule has 2 aromatic rings.